The monoisotopic (exact) mass is 747 g/mol. The van der Waals surface area contributed by atoms with Gasteiger partial charge in [-0.3, -0.25) is 19.5 Å². The molecule has 2 heterocycles. The minimum absolute atomic E-state index is 0.0300. The van der Waals surface area contributed by atoms with Gasteiger partial charge < -0.3 is 9.47 Å². The number of allylic oxidation sites excluding steroid dienone is 1. The van der Waals surface area contributed by atoms with Crippen LogP contribution in [0.1, 0.15) is 40.3 Å². The van der Waals surface area contributed by atoms with Gasteiger partial charge in [0.05, 0.1) is 32.8 Å². The summed E-state index contributed by atoms with van der Waals surface area (Å²) < 4.78 is 14.5. The highest BCUT2D eigenvalue weighted by Gasteiger charge is 2.33. The molecule has 1 atom stereocenters. The van der Waals surface area contributed by atoms with Crippen molar-refractivity contribution in [1.82, 2.24) is 4.57 Å². The van der Waals surface area contributed by atoms with Crippen LogP contribution in [0, 0.1) is 10.1 Å². The molecule has 236 valence electrons. The lowest BCUT2D eigenvalue weighted by Gasteiger charge is -2.30. The van der Waals surface area contributed by atoms with E-state index >= 15 is 0 Å². The van der Waals surface area contributed by atoms with Crippen molar-refractivity contribution in [3.05, 3.63) is 157 Å². The maximum absolute atomic E-state index is 14.2. The second-order valence-corrected chi connectivity index (χ2v) is 13.7. The normalized spacial score (nSPS) is 15.4. The topological polar surface area (TPSA) is 96.0 Å². The van der Waals surface area contributed by atoms with Crippen molar-refractivity contribution in [2.24, 2.45) is 4.99 Å². The van der Waals surface area contributed by atoms with Crippen LogP contribution in [0.15, 0.2) is 98.7 Å². The standard InChI is InChI=1S/C35H24BrCl2N3O5S/c1-45-29-14-19(13-27(36)33(29)46-18-22-9-11-23(37)17-28(22)38)15-30-34(42)40-32(21-6-4-7-24(16-21)41(43)44)26-12-10-20-5-2-3-8-25(20)31(26)39-35(40)47-30/h2-9,11,13-17,32H,10,12,18H2,1H3/b30-15+/t32-/m0/s1. The maximum Gasteiger partial charge on any atom is 0.271 e. The first-order valence-electron chi connectivity index (χ1n) is 14.5. The molecule has 0 spiro atoms. The van der Waals surface area contributed by atoms with E-state index in [1.165, 1.54) is 23.0 Å². The fourth-order valence-electron chi connectivity index (χ4n) is 6.03. The van der Waals surface area contributed by atoms with E-state index < -0.39 is 11.0 Å². The second-order valence-electron chi connectivity index (χ2n) is 11.0. The molecule has 1 aliphatic carbocycles. The molecule has 4 aromatic carbocycles. The SMILES string of the molecule is COc1cc(/C=c2/sc3n(c2=O)[C@@H](c2cccc([N+](=O)[O-])c2)C2=C(N=3)c3ccccc3CC2)cc(Br)c1OCc1ccc(Cl)cc1Cl. The Bertz CT molecular complexity index is 2320. The molecular weight excluding hydrogens is 725 g/mol. The number of aromatic nitrogens is 1. The van der Waals surface area contributed by atoms with Gasteiger partial charge in [0, 0.05) is 33.3 Å². The zero-order chi connectivity index (χ0) is 32.8. The smallest absolute Gasteiger partial charge is 0.271 e. The van der Waals surface area contributed by atoms with Crippen molar-refractivity contribution < 1.29 is 14.4 Å². The van der Waals surface area contributed by atoms with E-state index in [-0.39, 0.29) is 17.9 Å². The fraction of sp³-hybridized carbons (Fsp3) is 0.143. The third kappa shape index (κ3) is 5.91. The van der Waals surface area contributed by atoms with Crippen LogP contribution in [0.3, 0.4) is 0 Å². The quantitative estimate of drug-likeness (QED) is 0.125. The van der Waals surface area contributed by atoms with E-state index in [1.807, 2.05) is 30.3 Å². The predicted molar refractivity (Wildman–Crippen MR) is 187 cm³/mol. The molecule has 0 saturated heterocycles. The molecule has 0 unspecified atom stereocenters. The molecule has 0 N–H and O–H groups in total. The van der Waals surface area contributed by atoms with Crippen molar-refractivity contribution >= 4 is 67.9 Å². The summed E-state index contributed by atoms with van der Waals surface area (Å²) in [6, 6.07) is 22.9. The van der Waals surface area contributed by atoms with Gasteiger partial charge >= 0.3 is 0 Å². The summed E-state index contributed by atoms with van der Waals surface area (Å²) >= 11 is 17.3. The van der Waals surface area contributed by atoms with E-state index in [2.05, 4.69) is 22.0 Å². The highest BCUT2D eigenvalue weighted by molar-refractivity contribution is 9.10. The third-order valence-corrected chi connectivity index (χ3v) is 10.4. The van der Waals surface area contributed by atoms with E-state index in [9.17, 15) is 14.9 Å². The van der Waals surface area contributed by atoms with Crippen molar-refractivity contribution in [3.63, 3.8) is 0 Å². The van der Waals surface area contributed by atoms with Gasteiger partial charge in [-0.2, -0.15) is 0 Å². The molecular formula is C35H24BrCl2N3O5S. The van der Waals surface area contributed by atoms with Crippen LogP contribution in [0.2, 0.25) is 10.0 Å². The summed E-state index contributed by atoms with van der Waals surface area (Å²) in [6.45, 7) is 0.189. The molecule has 2 aliphatic rings. The average Bonchev–Trinajstić information content (AvgIpc) is 3.37. The minimum atomic E-state index is -0.534. The Morgan fingerprint density at radius 1 is 1.09 bits per heavy atom. The number of benzene rings is 4. The number of fused-ring (bicyclic) bond motifs is 3. The van der Waals surface area contributed by atoms with E-state index in [0.717, 1.165) is 28.8 Å². The van der Waals surface area contributed by atoms with Crippen LogP contribution in [-0.2, 0) is 13.0 Å². The summed E-state index contributed by atoms with van der Waals surface area (Å²) in [7, 11) is 1.54. The first-order valence-corrected chi connectivity index (χ1v) is 16.9. The van der Waals surface area contributed by atoms with Crippen LogP contribution >= 0.6 is 50.5 Å². The van der Waals surface area contributed by atoms with Gasteiger partial charge in [0.25, 0.3) is 11.2 Å². The molecule has 0 bridgehead atoms. The number of non-ortho nitro benzene ring substituents is 1. The number of hydrogen-bond acceptors (Lipinski definition) is 7. The number of nitro benzene ring substituents is 1. The molecule has 1 aliphatic heterocycles. The van der Waals surface area contributed by atoms with Crippen molar-refractivity contribution in [2.75, 3.05) is 7.11 Å². The predicted octanol–water partition coefficient (Wildman–Crippen LogP) is 7.88. The highest BCUT2D eigenvalue weighted by atomic mass is 79.9. The molecule has 47 heavy (non-hydrogen) atoms. The molecule has 1 aromatic heterocycles. The summed E-state index contributed by atoms with van der Waals surface area (Å²) in [6.07, 6.45) is 3.25. The lowest BCUT2D eigenvalue weighted by Crippen LogP contribution is -2.38. The number of ether oxygens (including phenoxy) is 2. The Balaban J connectivity index is 1.33. The van der Waals surface area contributed by atoms with Crippen molar-refractivity contribution in [2.45, 2.75) is 25.5 Å². The minimum Gasteiger partial charge on any atom is -0.493 e. The number of nitro groups is 1. The number of methoxy groups -OCH3 is 1. The zero-order valence-corrected chi connectivity index (χ0v) is 28.6. The van der Waals surface area contributed by atoms with Crippen LogP contribution in [-0.4, -0.2) is 16.6 Å². The number of aryl methyl sites for hydroxylation is 1. The number of halogens is 3. The third-order valence-electron chi connectivity index (χ3n) is 8.21. The van der Waals surface area contributed by atoms with Crippen LogP contribution in [0.25, 0.3) is 11.8 Å². The molecule has 0 amide bonds. The van der Waals surface area contributed by atoms with Crippen LogP contribution in [0.4, 0.5) is 5.69 Å². The van der Waals surface area contributed by atoms with Crippen molar-refractivity contribution in [3.8, 4) is 11.5 Å². The van der Waals surface area contributed by atoms with Gasteiger partial charge in [-0.25, -0.2) is 4.99 Å². The van der Waals surface area contributed by atoms with Crippen LogP contribution < -0.4 is 24.4 Å². The largest absolute Gasteiger partial charge is 0.493 e. The Labute approximate surface area is 291 Å². The van der Waals surface area contributed by atoms with E-state index in [0.29, 0.717) is 52.9 Å². The highest BCUT2D eigenvalue weighted by Crippen LogP contribution is 2.42. The Morgan fingerprint density at radius 3 is 2.70 bits per heavy atom. The first kappa shape index (κ1) is 31.4. The number of hydrogen-bond donors (Lipinski definition) is 0. The lowest BCUT2D eigenvalue weighted by atomic mass is 9.83. The Kier molecular flexibility index (Phi) is 8.52. The average molecular weight is 749 g/mol. The summed E-state index contributed by atoms with van der Waals surface area (Å²) in [5.74, 6) is 0.944. The molecule has 8 nitrogen and oxygen atoms in total. The van der Waals surface area contributed by atoms with Crippen LogP contribution in [0.5, 0.6) is 11.5 Å². The molecule has 7 rings (SSSR count). The van der Waals surface area contributed by atoms with Gasteiger partial charge in [-0.1, -0.05) is 77.0 Å². The van der Waals surface area contributed by atoms with Gasteiger partial charge in [-0.05, 0) is 81.4 Å². The maximum atomic E-state index is 14.2. The molecule has 5 aromatic rings. The Morgan fingerprint density at radius 2 is 1.91 bits per heavy atom. The van der Waals surface area contributed by atoms with E-state index in [4.69, 9.17) is 37.7 Å². The van der Waals surface area contributed by atoms with Crippen molar-refractivity contribution in [1.29, 1.82) is 0 Å². The summed E-state index contributed by atoms with van der Waals surface area (Å²) in [5.41, 5.74) is 5.87. The van der Waals surface area contributed by atoms with Gasteiger partial charge in [0.2, 0.25) is 0 Å². The van der Waals surface area contributed by atoms with E-state index in [1.54, 1.807) is 54.2 Å². The fourth-order valence-corrected chi connectivity index (χ4v) is 8.07. The number of nitrogens with zero attached hydrogens (tertiary/aromatic N) is 3. The Hall–Kier alpha value is -4.22. The molecule has 12 heteroatoms. The van der Waals surface area contributed by atoms with Gasteiger partial charge in [0.15, 0.2) is 16.3 Å². The molecule has 0 fully saturated rings. The second kappa shape index (κ2) is 12.8. The molecule has 0 saturated carbocycles. The zero-order valence-electron chi connectivity index (χ0n) is 24.7. The lowest BCUT2D eigenvalue weighted by molar-refractivity contribution is -0.384. The molecule has 0 radical (unpaired) electrons. The summed E-state index contributed by atoms with van der Waals surface area (Å²) in [4.78, 5) is 31.1. The van der Waals surface area contributed by atoms with Gasteiger partial charge in [0.1, 0.15) is 6.61 Å². The number of thiazole rings is 1. The number of rotatable bonds is 7. The van der Waals surface area contributed by atoms with Gasteiger partial charge in [-0.15, -0.1) is 0 Å². The summed E-state index contributed by atoms with van der Waals surface area (Å²) in [5, 5.41) is 12.7. The first-order chi connectivity index (χ1) is 22.7.